The van der Waals surface area contributed by atoms with Crippen molar-refractivity contribution in [2.24, 2.45) is 0 Å². The molecule has 0 radical (unpaired) electrons. The number of nitrogens with zero attached hydrogens (tertiary/aromatic N) is 1. The number of carbonyl (C=O) groups is 2. The minimum absolute atomic E-state index is 0.0306. The molecule has 1 saturated heterocycles. The van der Waals surface area contributed by atoms with Crippen LogP contribution in [0.25, 0.3) is 0 Å². The zero-order valence-electron chi connectivity index (χ0n) is 18.8. The summed E-state index contributed by atoms with van der Waals surface area (Å²) in [7, 11) is -3.69. The van der Waals surface area contributed by atoms with Gasteiger partial charge in [0.1, 0.15) is 5.75 Å². The number of benzene rings is 2. The maximum atomic E-state index is 12.9. The van der Waals surface area contributed by atoms with Crippen molar-refractivity contribution in [3.8, 4) is 5.75 Å². The molecule has 0 atom stereocenters. The Morgan fingerprint density at radius 1 is 0.971 bits per heavy atom. The molecule has 8 nitrogen and oxygen atoms in total. The molecular formula is C23H25Cl3N2O6S. The topological polar surface area (TPSA) is 102 Å². The van der Waals surface area contributed by atoms with Gasteiger partial charge in [-0.2, -0.15) is 4.31 Å². The van der Waals surface area contributed by atoms with E-state index in [-0.39, 0.29) is 28.6 Å². The number of amides is 1. The molecule has 190 valence electrons. The van der Waals surface area contributed by atoms with Crippen molar-refractivity contribution in [1.82, 2.24) is 4.31 Å². The normalized spacial score (nSPS) is 14.4. The lowest BCUT2D eigenvalue weighted by atomic mass is 10.2. The Labute approximate surface area is 219 Å². The van der Waals surface area contributed by atoms with Gasteiger partial charge in [0.25, 0.3) is 5.91 Å². The van der Waals surface area contributed by atoms with E-state index in [1.54, 1.807) is 18.2 Å². The van der Waals surface area contributed by atoms with Crippen LogP contribution in [0.1, 0.15) is 32.1 Å². The summed E-state index contributed by atoms with van der Waals surface area (Å²) in [5.41, 5.74) is 0.124. The molecule has 1 aliphatic heterocycles. The van der Waals surface area contributed by atoms with Crippen molar-refractivity contribution in [3.63, 3.8) is 0 Å². The summed E-state index contributed by atoms with van der Waals surface area (Å²) in [5.74, 6) is -0.777. The molecule has 0 spiro atoms. The van der Waals surface area contributed by atoms with Crippen molar-refractivity contribution in [2.45, 2.75) is 37.0 Å². The van der Waals surface area contributed by atoms with Crippen molar-refractivity contribution in [2.75, 3.05) is 31.6 Å². The van der Waals surface area contributed by atoms with Crippen LogP contribution in [-0.4, -0.2) is 50.9 Å². The third-order valence-corrected chi connectivity index (χ3v) is 7.96. The summed E-state index contributed by atoms with van der Waals surface area (Å²) in [6.45, 7) is 0.597. The van der Waals surface area contributed by atoms with E-state index in [4.69, 9.17) is 44.3 Å². The second kappa shape index (κ2) is 12.8. The van der Waals surface area contributed by atoms with E-state index in [0.717, 1.165) is 19.3 Å². The number of rotatable bonds is 10. The Hall–Kier alpha value is -2.04. The molecule has 12 heteroatoms. The lowest BCUT2D eigenvalue weighted by Crippen LogP contribution is -2.35. The highest BCUT2D eigenvalue weighted by Gasteiger charge is 2.26. The molecule has 35 heavy (non-hydrogen) atoms. The van der Waals surface area contributed by atoms with E-state index >= 15 is 0 Å². The highest BCUT2D eigenvalue weighted by Crippen LogP contribution is 2.29. The average Bonchev–Trinajstić information content (AvgIpc) is 2.83. The van der Waals surface area contributed by atoms with Crippen molar-refractivity contribution < 1.29 is 27.5 Å². The first-order valence-corrected chi connectivity index (χ1v) is 13.6. The van der Waals surface area contributed by atoms with Gasteiger partial charge in [-0.25, -0.2) is 8.42 Å². The summed E-state index contributed by atoms with van der Waals surface area (Å²) in [6, 6.07) is 8.95. The summed E-state index contributed by atoms with van der Waals surface area (Å²) in [6.07, 6.45) is 2.99. The number of carbonyl (C=O) groups excluding carboxylic acids is 2. The van der Waals surface area contributed by atoms with Gasteiger partial charge in [0, 0.05) is 24.5 Å². The van der Waals surface area contributed by atoms with Gasteiger partial charge in [-0.05, 0) is 55.7 Å². The maximum Gasteiger partial charge on any atom is 0.306 e. The molecule has 2 aromatic carbocycles. The van der Waals surface area contributed by atoms with Gasteiger partial charge in [0.2, 0.25) is 10.0 Å². The van der Waals surface area contributed by atoms with Gasteiger partial charge in [0.05, 0.1) is 27.2 Å². The number of nitrogens with one attached hydrogen (secondary N) is 1. The smallest absolute Gasteiger partial charge is 0.306 e. The van der Waals surface area contributed by atoms with Crippen LogP contribution in [0, 0.1) is 0 Å². The van der Waals surface area contributed by atoms with Crippen molar-refractivity contribution >= 4 is 62.4 Å². The van der Waals surface area contributed by atoms with Crippen molar-refractivity contribution in [1.29, 1.82) is 0 Å². The van der Waals surface area contributed by atoms with Crippen LogP contribution in [0.2, 0.25) is 15.1 Å². The molecule has 0 bridgehead atoms. The predicted molar refractivity (Wildman–Crippen MR) is 135 cm³/mol. The molecule has 3 rings (SSSR count). The molecule has 1 aliphatic rings. The first-order chi connectivity index (χ1) is 16.7. The molecule has 0 unspecified atom stereocenters. The highest BCUT2D eigenvalue weighted by molar-refractivity contribution is 7.89. The SMILES string of the molecule is O=C(COC(=O)CCCOc1ccc(Cl)cc1Cl)Nc1cc(S(=O)(=O)N2CCCCC2)ccc1Cl. The standard InChI is InChI=1S/C23H25Cl3N2O6S/c24-16-6-9-21(19(26)13-16)33-12-4-5-23(30)34-15-22(29)27-20-14-17(7-8-18(20)25)35(31,32)28-10-2-1-3-11-28/h6-9,13-14H,1-5,10-12,15H2,(H,27,29). The Morgan fingerprint density at radius 3 is 2.43 bits per heavy atom. The van der Waals surface area contributed by atoms with Gasteiger partial charge in [-0.15, -0.1) is 0 Å². The first-order valence-electron chi connectivity index (χ1n) is 11.0. The zero-order chi connectivity index (χ0) is 25.4. The van der Waals surface area contributed by atoms with Gasteiger partial charge < -0.3 is 14.8 Å². The van der Waals surface area contributed by atoms with Crippen molar-refractivity contribution in [3.05, 3.63) is 51.5 Å². The van der Waals surface area contributed by atoms with E-state index in [1.807, 2.05) is 0 Å². The third kappa shape index (κ3) is 7.98. The zero-order valence-corrected chi connectivity index (χ0v) is 21.9. The van der Waals surface area contributed by atoms with E-state index in [0.29, 0.717) is 35.3 Å². The molecule has 0 aliphatic carbocycles. The molecule has 0 aromatic heterocycles. The van der Waals surface area contributed by atoms with Crippen LogP contribution in [-0.2, 0) is 24.3 Å². The largest absolute Gasteiger partial charge is 0.492 e. The lowest BCUT2D eigenvalue weighted by Gasteiger charge is -2.26. The molecular weight excluding hydrogens is 539 g/mol. The number of piperidine rings is 1. The van der Waals surface area contributed by atoms with Gasteiger partial charge in [-0.1, -0.05) is 41.2 Å². The Kier molecular flexibility index (Phi) is 10.1. The van der Waals surface area contributed by atoms with Gasteiger partial charge in [-0.3, -0.25) is 9.59 Å². The van der Waals surface area contributed by atoms with E-state index in [1.165, 1.54) is 22.5 Å². The number of hydrogen-bond donors (Lipinski definition) is 1. The minimum atomic E-state index is -3.69. The second-order valence-electron chi connectivity index (χ2n) is 7.84. The number of sulfonamides is 1. The van der Waals surface area contributed by atoms with Crippen LogP contribution in [0.15, 0.2) is 41.3 Å². The Balaban J connectivity index is 1.45. The number of halogens is 3. The predicted octanol–water partition coefficient (Wildman–Crippen LogP) is 5.16. The maximum absolute atomic E-state index is 12.9. The molecule has 1 N–H and O–H groups in total. The minimum Gasteiger partial charge on any atom is -0.492 e. The second-order valence-corrected chi connectivity index (χ2v) is 11.0. The quantitative estimate of drug-likeness (QED) is 0.316. The lowest BCUT2D eigenvalue weighted by molar-refractivity contribution is -0.147. The number of ether oxygens (including phenoxy) is 2. The summed E-state index contributed by atoms with van der Waals surface area (Å²) < 4.78 is 37.7. The fraction of sp³-hybridized carbons (Fsp3) is 0.391. The highest BCUT2D eigenvalue weighted by atomic mass is 35.5. The van der Waals surface area contributed by atoms with Crippen LogP contribution in [0.3, 0.4) is 0 Å². The number of hydrogen-bond acceptors (Lipinski definition) is 6. The molecule has 1 amide bonds. The third-order valence-electron chi connectivity index (χ3n) is 5.21. The van der Waals surface area contributed by atoms with E-state index in [2.05, 4.69) is 5.32 Å². The van der Waals surface area contributed by atoms with Crippen LogP contribution < -0.4 is 10.1 Å². The Morgan fingerprint density at radius 2 is 1.71 bits per heavy atom. The first kappa shape index (κ1) is 27.5. The fourth-order valence-corrected chi connectivity index (χ4v) is 5.58. The summed E-state index contributed by atoms with van der Waals surface area (Å²) >= 11 is 18.0. The molecule has 1 fully saturated rings. The monoisotopic (exact) mass is 562 g/mol. The van der Waals surface area contributed by atoms with Crippen LogP contribution in [0.4, 0.5) is 5.69 Å². The molecule has 1 heterocycles. The molecule has 0 saturated carbocycles. The van der Waals surface area contributed by atoms with Crippen LogP contribution >= 0.6 is 34.8 Å². The average molecular weight is 564 g/mol. The van der Waals surface area contributed by atoms with Gasteiger partial charge >= 0.3 is 5.97 Å². The van der Waals surface area contributed by atoms with E-state index in [9.17, 15) is 18.0 Å². The molecule has 2 aromatic rings. The van der Waals surface area contributed by atoms with Gasteiger partial charge in [0.15, 0.2) is 6.61 Å². The number of anilines is 1. The van der Waals surface area contributed by atoms with E-state index < -0.39 is 28.5 Å². The summed E-state index contributed by atoms with van der Waals surface area (Å²) in [5, 5.41) is 3.52. The summed E-state index contributed by atoms with van der Waals surface area (Å²) in [4.78, 5) is 24.2. The van der Waals surface area contributed by atoms with Crippen LogP contribution in [0.5, 0.6) is 5.75 Å². The Bertz CT molecular complexity index is 1170. The number of esters is 1. The fourth-order valence-electron chi connectivity index (χ4n) is 3.41.